The number of carboxylic acid groups (broad SMARTS) is 1. The molecular formula is C54H80O24. The van der Waals surface area contributed by atoms with E-state index in [9.17, 15) is 75.7 Å². The number of rotatable bonds is 12. The molecule has 11 aliphatic rings. The second-order valence-corrected chi connectivity index (χ2v) is 25.8. The lowest BCUT2D eigenvalue weighted by Gasteiger charge is -2.63. The van der Waals surface area contributed by atoms with Gasteiger partial charge in [0.25, 0.3) is 0 Å². The molecule has 14 unspecified atom stereocenters. The molecule has 440 valence electrons. The molecule has 24 heteroatoms. The standard InChI is InChI=1S/C54H80O24/c1-6-7-22(2)44(69)76-41-42(70-23(3)59)53(20-57)27(14-48(41,4)5)26-9-13-51-18-49(51)11-10-28(24(16-55)25(49)8-12-52(51)19-50(26,52)15-30(53)60)71-46-37-35(65)36(39(75-46)43(67)68)73-47-38(32(62)31(61)29(17-56)72-47)77-54(21-58)40(66)33(63)34(64)45(74-37)78-54/h9,22,24-25,27-42,45-47,55-58,60-66H,6-8,10-21H2,1-5H3,(H,67,68)/t22?,24?,25?,27?,28?,29-,30-,31-,32+,33-,34-,35+,36?,37?,38-,39+,40?,41+,42+,45-,46-,47?,49?,50?,51?,52?,53?,54-/m1/s1. The molecule has 4 saturated heterocycles. The summed E-state index contributed by atoms with van der Waals surface area (Å²) in [5.41, 5.74) is -2.14. The van der Waals surface area contributed by atoms with E-state index in [-0.39, 0.29) is 28.8 Å². The first-order valence-electron chi connectivity index (χ1n) is 28.0. The second kappa shape index (κ2) is 19.8. The van der Waals surface area contributed by atoms with Crippen LogP contribution in [0.25, 0.3) is 0 Å². The molecule has 78 heavy (non-hydrogen) atoms. The van der Waals surface area contributed by atoms with Crippen LogP contribution in [0.15, 0.2) is 11.6 Å². The van der Waals surface area contributed by atoms with Gasteiger partial charge < -0.3 is 104 Å². The van der Waals surface area contributed by atoms with Crippen molar-refractivity contribution in [2.24, 2.45) is 56.2 Å². The monoisotopic (exact) mass is 1110 g/mol. The molecule has 28 atom stereocenters. The molecule has 0 aromatic rings. The Morgan fingerprint density at radius 1 is 0.756 bits per heavy atom. The molecule has 0 aromatic heterocycles. The van der Waals surface area contributed by atoms with Crippen LogP contribution in [0.4, 0.5) is 0 Å². The average molecular weight is 1110 g/mol. The van der Waals surface area contributed by atoms with Crippen LogP contribution in [0.1, 0.15) is 105 Å². The van der Waals surface area contributed by atoms with Gasteiger partial charge >= 0.3 is 17.9 Å². The largest absolute Gasteiger partial charge is 0.479 e. The predicted molar refractivity (Wildman–Crippen MR) is 258 cm³/mol. The summed E-state index contributed by atoms with van der Waals surface area (Å²) in [5.74, 6) is -6.98. The highest BCUT2D eigenvalue weighted by atomic mass is 16.8. The van der Waals surface area contributed by atoms with Crippen LogP contribution in [0.3, 0.4) is 0 Å². The van der Waals surface area contributed by atoms with Gasteiger partial charge in [0.1, 0.15) is 79.9 Å². The van der Waals surface area contributed by atoms with Crippen molar-refractivity contribution in [2.45, 2.75) is 221 Å². The third-order valence-electron chi connectivity index (χ3n) is 21.8. The molecule has 12 N–H and O–H groups in total. The molecule has 4 bridgehead atoms. The van der Waals surface area contributed by atoms with Crippen molar-refractivity contribution >= 4 is 17.9 Å². The maximum absolute atomic E-state index is 13.6. The lowest BCUT2D eigenvalue weighted by molar-refractivity contribution is -0.442. The van der Waals surface area contributed by atoms with Gasteiger partial charge in [0, 0.05) is 30.3 Å². The maximum atomic E-state index is 13.6. The normalized spacial score (nSPS) is 53.7. The summed E-state index contributed by atoms with van der Waals surface area (Å²) >= 11 is 0. The fraction of sp³-hybridized carbons (Fsp3) is 0.907. The number of allylic oxidation sites excluding steroid dienone is 2. The van der Waals surface area contributed by atoms with E-state index in [0.717, 1.165) is 31.3 Å². The Morgan fingerprint density at radius 3 is 2.14 bits per heavy atom. The summed E-state index contributed by atoms with van der Waals surface area (Å²) < 4.78 is 54.9. The molecule has 4 heterocycles. The molecular weight excluding hydrogens is 1030 g/mol. The van der Waals surface area contributed by atoms with Crippen molar-refractivity contribution in [1.29, 1.82) is 0 Å². The number of carboxylic acids is 1. The third kappa shape index (κ3) is 7.86. The zero-order valence-corrected chi connectivity index (χ0v) is 44.7. The van der Waals surface area contributed by atoms with Crippen molar-refractivity contribution in [1.82, 2.24) is 0 Å². The van der Waals surface area contributed by atoms with Crippen molar-refractivity contribution in [2.75, 3.05) is 26.4 Å². The van der Waals surface area contributed by atoms with Gasteiger partial charge in [-0.2, -0.15) is 0 Å². The van der Waals surface area contributed by atoms with Crippen molar-refractivity contribution < 1.29 is 118 Å². The fourth-order valence-corrected chi connectivity index (χ4v) is 18.1. The lowest BCUT2D eigenvalue weighted by atomic mass is 9.43. The molecule has 11 rings (SSSR count). The SMILES string of the molecule is CCCC(C)C(=O)O[C@H]1[C@H](OC(C)=O)C2(CO)C(CC1(C)C)C1=CCC34CC35CCC(O[C@@H]3O[C@H](C(=O)O)C6OC7O[C@H](CO)[C@@H](O)[C@H](O)[C@H]7O[C@]7(CO)O[C@@H](OC3[C@H]6O)[C@H](O)[C@@H](O)C7O)C(CO)C5CCC43CC13C[C@H]2O. The van der Waals surface area contributed by atoms with Gasteiger partial charge in [-0.25, -0.2) is 4.79 Å². The Labute approximate surface area is 450 Å². The fourth-order valence-electron chi connectivity index (χ4n) is 18.1. The number of hydrogen-bond acceptors (Lipinski definition) is 23. The number of esters is 2. The zero-order valence-electron chi connectivity index (χ0n) is 44.7. The zero-order chi connectivity index (χ0) is 56.2. The minimum absolute atomic E-state index is 0.130. The number of ether oxygens (including phenoxy) is 9. The van der Waals surface area contributed by atoms with E-state index in [0.29, 0.717) is 44.9 Å². The van der Waals surface area contributed by atoms with Gasteiger partial charge in [0.15, 0.2) is 25.0 Å². The van der Waals surface area contributed by atoms with Crippen LogP contribution in [-0.4, -0.2) is 222 Å². The lowest BCUT2D eigenvalue weighted by Crippen LogP contribution is -2.71. The van der Waals surface area contributed by atoms with Gasteiger partial charge in [0.2, 0.25) is 5.79 Å². The summed E-state index contributed by atoms with van der Waals surface area (Å²) in [5, 5.41) is 135. The van der Waals surface area contributed by atoms with Crippen molar-refractivity contribution in [3.63, 3.8) is 0 Å². The number of aliphatic carboxylic acids is 1. The molecule has 7 aliphatic carbocycles. The highest BCUT2D eigenvalue weighted by Crippen LogP contribution is 2.98. The van der Waals surface area contributed by atoms with E-state index < -0.39 is 188 Å². The van der Waals surface area contributed by atoms with Gasteiger partial charge in [-0.3, -0.25) is 9.59 Å². The minimum atomic E-state index is -2.75. The summed E-state index contributed by atoms with van der Waals surface area (Å²) in [4.78, 5) is 39.7. The molecule has 24 nitrogen and oxygen atoms in total. The van der Waals surface area contributed by atoms with Crippen LogP contribution in [0.2, 0.25) is 0 Å². The number of hydrogen-bond donors (Lipinski definition) is 12. The Balaban J connectivity index is 0.884. The van der Waals surface area contributed by atoms with Crippen molar-refractivity contribution in [3.05, 3.63) is 11.6 Å². The van der Waals surface area contributed by atoms with Crippen LogP contribution in [-0.2, 0) is 57.0 Å². The van der Waals surface area contributed by atoms with Crippen LogP contribution < -0.4 is 0 Å². The van der Waals surface area contributed by atoms with Crippen LogP contribution in [0.5, 0.6) is 0 Å². The van der Waals surface area contributed by atoms with E-state index in [1.165, 1.54) is 6.92 Å². The van der Waals surface area contributed by atoms with Gasteiger partial charge in [-0.1, -0.05) is 45.8 Å². The number of aliphatic hydroxyl groups excluding tert-OH is 11. The maximum Gasteiger partial charge on any atom is 0.335 e. The highest BCUT2D eigenvalue weighted by Gasteiger charge is 2.92. The van der Waals surface area contributed by atoms with Gasteiger partial charge in [-0.15, -0.1) is 0 Å². The van der Waals surface area contributed by atoms with E-state index in [2.05, 4.69) is 6.08 Å². The van der Waals surface area contributed by atoms with E-state index in [4.69, 9.17) is 42.6 Å². The van der Waals surface area contributed by atoms with Crippen LogP contribution >= 0.6 is 0 Å². The Bertz CT molecular complexity index is 2360. The summed E-state index contributed by atoms with van der Waals surface area (Å²) in [7, 11) is 0. The highest BCUT2D eigenvalue weighted by molar-refractivity contribution is 5.74. The summed E-state index contributed by atoms with van der Waals surface area (Å²) in [6, 6.07) is 0. The topological polar surface area (TPSA) is 377 Å². The number of carbonyl (C=O) groups excluding carboxylic acids is 2. The average Bonchev–Trinajstić information content (AvgIpc) is 1.67. The van der Waals surface area contributed by atoms with E-state index in [1.54, 1.807) is 6.92 Å². The van der Waals surface area contributed by atoms with E-state index in [1.807, 2.05) is 20.8 Å². The number of carbonyl (C=O) groups is 3. The molecule has 0 radical (unpaired) electrons. The molecule has 6 saturated carbocycles. The van der Waals surface area contributed by atoms with Gasteiger partial charge in [-0.05, 0) is 92.3 Å². The quantitative estimate of drug-likeness (QED) is 0.0585. The Hall–Kier alpha value is -2.57. The smallest absolute Gasteiger partial charge is 0.335 e. The molecule has 0 aromatic carbocycles. The predicted octanol–water partition coefficient (Wildman–Crippen LogP) is -1.76. The minimum Gasteiger partial charge on any atom is -0.479 e. The molecule has 4 aliphatic heterocycles. The second-order valence-electron chi connectivity index (χ2n) is 25.8. The first-order valence-corrected chi connectivity index (χ1v) is 28.0. The first-order chi connectivity index (χ1) is 36.9. The van der Waals surface area contributed by atoms with Crippen molar-refractivity contribution in [3.8, 4) is 0 Å². The molecule has 10 fully saturated rings. The molecule has 0 amide bonds. The summed E-state index contributed by atoms with van der Waals surface area (Å²) in [6.45, 7) is 5.99. The summed E-state index contributed by atoms with van der Waals surface area (Å²) in [6.07, 6.45) is -23.0. The van der Waals surface area contributed by atoms with E-state index >= 15 is 0 Å². The Kier molecular flexibility index (Phi) is 14.5. The Morgan fingerprint density at radius 2 is 1.49 bits per heavy atom. The first kappa shape index (κ1) is 57.3. The number of aliphatic hydroxyl groups is 11. The van der Waals surface area contributed by atoms with Gasteiger partial charge in [0.05, 0.1) is 36.8 Å². The van der Waals surface area contributed by atoms with Crippen LogP contribution in [0, 0.1) is 56.2 Å². The number of fused-ring (bicyclic) bond motifs is 7. The molecule has 4 spiro atoms. The third-order valence-corrected chi connectivity index (χ3v) is 21.8.